The molecular weight excluding hydrogens is 627 g/mol. The molecule has 52 heavy (non-hydrogen) atoms. The van der Waals surface area contributed by atoms with Crippen molar-refractivity contribution < 1.29 is 0 Å². The summed E-state index contributed by atoms with van der Waals surface area (Å²) in [6.45, 7) is 17.9. The molecule has 0 radical (unpaired) electrons. The minimum atomic E-state index is 0.0444. The van der Waals surface area contributed by atoms with Crippen molar-refractivity contribution in [2.24, 2.45) is 10.4 Å². The first kappa shape index (κ1) is 38.2. The molecule has 1 aliphatic rings. The number of aliphatic imine (C=N–C) groups is 1. The zero-order valence-corrected chi connectivity index (χ0v) is 32.8. The predicted molar refractivity (Wildman–Crippen MR) is 230 cm³/mol. The van der Waals surface area contributed by atoms with Gasteiger partial charge in [0.05, 0.1) is 5.69 Å². The van der Waals surface area contributed by atoms with Crippen molar-refractivity contribution in [3.05, 3.63) is 172 Å². The standard InChI is InChI=1S/C51H57N/c1-9-12-13-14-16-24-39(33-40(11-3)41-25-17-15-18-26-41)36-52-50-32-22-21-29-45(50)47-35-48-44-28-20-19-27-42(44)34-46(48)38(5)43(47)30-23-31-49(37(4)10-2)51(6,7)8/h10-11,15-33,35-36H,9,12-14,34H2,1-8H3/b24-16?,30-23-,37-10+,39-33-,40-11+,49-31+,52-36?. The highest BCUT2D eigenvalue weighted by atomic mass is 14.7. The number of unbranched alkanes of at least 4 members (excludes halogenated alkanes) is 3. The van der Waals surface area contributed by atoms with Crippen molar-refractivity contribution in [1.29, 1.82) is 0 Å². The Labute approximate surface area is 314 Å². The third kappa shape index (κ3) is 9.25. The second-order valence-electron chi connectivity index (χ2n) is 14.9. The fourth-order valence-electron chi connectivity index (χ4n) is 7.24. The molecule has 0 spiro atoms. The number of nitrogens with zero attached hydrogens (tertiary/aromatic N) is 1. The summed E-state index contributed by atoms with van der Waals surface area (Å²) in [4.78, 5) is 5.25. The maximum absolute atomic E-state index is 5.25. The molecule has 0 aromatic heterocycles. The van der Waals surface area contributed by atoms with Crippen molar-refractivity contribution in [3.8, 4) is 22.3 Å². The average molecular weight is 684 g/mol. The molecule has 1 nitrogen and oxygen atoms in total. The fourth-order valence-corrected chi connectivity index (χ4v) is 7.24. The highest BCUT2D eigenvalue weighted by Crippen LogP contribution is 2.45. The average Bonchev–Trinajstić information content (AvgIpc) is 3.53. The number of fused-ring (bicyclic) bond motifs is 3. The highest BCUT2D eigenvalue weighted by molar-refractivity contribution is 5.94. The molecule has 4 aromatic rings. The van der Waals surface area contributed by atoms with Gasteiger partial charge in [0.25, 0.3) is 0 Å². The Morgan fingerprint density at radius 2 is 1.52 bits per heavy atom. The van der Waals surface area contributed by atoms with Crippen LogP contribution in [0.25, 0.3) is 33.9 Å². The monoisotopic (exact) mass is 683 g/mol. The minimum Gasteiger partial charge on any atom is -0.256 e. The molecule has 0 atom stereocenters. The third-order valence-corrected chi connectivity index (χ3v) is 10.2. The molecule has 0 fully saturated rings. The van der Waals surface area contributed by atoms with Gasteiger partial charge >= 0.3 is 0 Å². The zero-order chi connectivity index (χ0) is 37.1. The van der Waals surface area contributed by atoms with Crippen LogP contribution < -0.4 is 0 Å². The molecule has 0 heterocycles. The number of para-hydroxylation sites is 1. The summed E-state index contributed by atoms with van der Waals surface area (Å²) in [6.07, 6.45) is 25.8. The van der Waals surface area contributed by atoms with Crippen LogP contribution in [0, 0.1) is 12.3 Å². The van der Waals surface area contributed by atoms with Crippen molar-refractivity contribution >= 4 is 23.6 Å². The highest BCUT2D eigenvalue weighted by Gasteiger charge is 2.24. The molecule has 0 saturated heterocycles. The molecule has 0 saturated carbocycles. The van der Waals surface area contributed by atoms with Crippen LogP contribution in [-0.4, -0.2) is 6.21 Å². The maximum Gasteiger partial charge on any atom is 0.0708 e. The number of benzene rings is 4. The van der Waals surface area contributed by atoms with Gasteiger partial charge in [-0.25, -0.2) is 0 Å². The maximum atomic E-state index is 5.25. The van der Waals surface area contributed by atoms with Gasteiger partial charge in [-0.2, -0.15) is 0 Å². The minimum absolute atomic E-state index is 0.0444. The van der Waals surface area contributed by atoms with Gasteiger partial charge in [-0.1, -0.05) is 161 Å². The van der Waals surface area contributed by atoms with Crippen LogP contribution in [0.5, 0.6) is 0 Å². The van der Waals surface area contributed by atoms with E-state index in [9.17, 15) is 0 Å². The van der Waals surface area contributed by atoms with E-state index < -0.39 is 0 Å². The van der Waals surface area contributed by atoms with Gasteiger partial charge in [-0.15, -0.1) is 0 Å². The fraction of sp³-hybridized carbons (Fsp3) is 0.275. The van der Waals surface area contributed by atoms with Crippen molar-refractivity contribution in [1.82, 2.24) is 0 Å². The number of rotatable bonds is 13. The van der Waals surface area contributed by atoms with Crippen molar-refractivity contribution in [2.45, 2.75) is 87.5 Å². The Balaban J connectivity index is 1.64. The summed E-state index contributed by atoms with van der Waals surface area (Å²) in [5.41, 5.74) is 17.6. The largest absolute Gasteiger partial charge is 0.256 e. The van der Waals surface area contributed by atoms with Crippen LogP contribution in [0.4, 0.5) is 5.69 Å². The van der Waals surface area contributed by atoms with Gasteiger partial charge in [0, 0.05) is 11.8 Å². The summed E-state index contributed by atoms with van der Waals surface area (Å²) < 4.78 is 0. The molecular formula is C51H57N. The molecule has 0 N–H and O–H groups in total. The van der Waals surface area contributed by atoms with E-state index in [1.165, 1.54) is 80.5 Å². The molecule has 4 aromatic carbocycles. The Hall–Kier alpha value is -5.01. The first-order valence-electron chi connectivity index (χ1n) is 19.2. The van der Waals surface area contributed by atoms with Gasteiger partial charge in [-0.3, -0.25) is 4.99 Å². The molecule has 0 bridgehead atoms. The van der Waals surface area contributed by atoms with Gasteiger partial charge < -0.3 is 0 Å². The van der Waals surface area contributed by atoms with E-state index in [1.54, 1.807) is 0 Å². The summed E-state index contributed by atoms with van der Waals surface area (Å²) in [6, 6.07) is 30.5. The van der Waals surface area contributed by atoms with Crippen LogP contribution >= 0.6 is 0 Å². The van der Waals surface area contributed by atoms with Crippen LogP contribution in [0.1, 0.15) is 102 Å². The van der Waals surface area contributed by atoms with Crippen molar-refractivity contribution in [2.75, 3.05) is 0 Å². The summed E-state index contributed by atoms with van der Waals surface area (Å²) in [5.74, 6) is 0. The number of allylic oxidation sites excluding steroid dienone is 11. The summed E-state index contributed by atoms with van der Waals surface area (Å²) in [7, 11) is 0. The van der Waals surface area contributed by atoms with Crippen LogP contribution in [0.2, 0.25) is 0 Å². The Kier molecular flexibility index (Phi) is 13.2. The van der Waals surface area contributed by atoms with E-state index in [0.717, 1.165) is 29.7 Å². The third-order valence-electron chi connectivity index (χ3n) is 10.2. The van der Waals surface area contributed by atoms with E-state index in [2.05, 4.69) is 189 Å². The van der Waals surface area contributed by atoms with Crippen LogP contribution in [0.15, 0.2) is 149 Å². The van der Waals surface area contributed by atoms with Crippen LogP contribution in [-0.2, 0) is 6.42 Å². The predicted octanol–water partition coefficient (Wildman–Crippen LogP) is 15.1. The smallest absolute Gasteiger partial charge is 0.0708 e. The quantitative estimate of drug-likeness (QED) is 0.0665. The Bertz CT molecular complexity index is 2070. The molecule has 0 unspecified atom stereocenters. The topological polar surface area (TPSA) is 12.4 Å². The Morgan fingerprint density at radius 1 is 0.808 bits per heavy atom. The summed E-state index contributed by atoms with van der Waals surface area (Å²) >= 11 is 0. The second kappa shape index (κ2) is 18.0. The van der Waals surface area contributed by atoms with E-state index in [0.29, 0.717) is 0 Å². The number of hydrogen-bond acceptors (Lipinski definition) is 1. The lowest BCUT2D eigenvalue weighted by Crippen LogP contribution is -2.10. The van der Waals surface area contributed by atoms with Gasteiger partial charge in [-0.05, 0) is 132 Å². The SMILES string of the molecule is C/C=C(C)/C(=C\C=C/c1c(-c2ccccc2N=C/C(C=CCCCCC)=C\C(=C/C)c2ccccc2)cc2c(c1C)Cc1ccccc1-2)C(C)(C)C. The lowest BCUT2D eigenvalue weighted by molar-refractivity contribution is 0.510. The first-order valence-corrected chi connectivity index (χ1v) is 19.2. The Morgan fingerprint density at radius 3 is 2.23 bits per heavy atom. The molecule has 1 heteroatoms. The second-order valence-corrected chi connectivity index (χ2v) is 14.9. The molecule has 5 rings (SSSR count). The zero-order valence-electron chi connectivity index (χ0n) is 32.8. The van der Waals surface area contributed by atoms with Gasteiger partial charge in [0.2, 0.25) is 0 Å². The lowest BCUT2D eigenvalue weighted by atomic mass is 9.82. The number of hydrogen-bond donors (Lipinski definition) is 0. The molecule has 0 amide bonds. The molecule has 0 aliphatic heterocycles. The van der Waals surface area contributed by atoms with Crippen LogP contribution in [0.3, 0.4) is 0 Å². The van der Waals surface area contributed by atoms with Crippen molar-refractivity contribution in [3.63, 3.8) is 0 Å². The summed E-state index contributed by atoms with van der Waals surface area (Å²) in [5, 5.41) is 0. The van der Waals surface area contributed by atoms with E-state index in [1.807, 2.05) is 6.21 Å². The lowest BCUT2D eigenvalue weighted by Gasteiger charge is -2.23. The van der Waals surface area contributed by atoms with E-state index in [-0.39, 0.29) is 5.41 Å². The first-order chi connectivity index (χ1) is 25.2. The molecule has 1 aliphatic carbocycles. The van der Waals surface area contributed by atoms with E-state index in [4.69, 9.17) is 4.99 Å². The van der Waals surface area contributed by atoms with E-state index >= 15 is 0 Å². The van der Waals surface area contributed by atoms with Gasteiger partial charge in [0.1, 0.15) is 0 Å². The normalized spacial score (nSPS) is 14.2. The molecule has 266 valence electrons. The van der Waals surface area contributed by atoms with Gasteiger partial charge in [0.15, 0.2) is 0 Å².